The van der Waals surface area contributed by atoms with E-state index in [1.165, 1.54) is 53.4 Å². The molecule has 1 fully saturated rings. The van der Waals surface area contributed by atoms with E-state index in [0.717, 1.165) is 35.6 Å². The molecule has 0 aliphatic heterocycles. The van der Waals surface area contributed by atoms with Gasteiger partial charge < -0.3 is 15.8 Å². The lowest BCUT2D eigenvalue weighted by molar-refractivity contribution is 0.0992. The van der Waals surface area contributed by atoms with Crippen molar-refractivity contribution in [2.45, 2.75) is 19.4 Å². The van der Waals surface area contributed by atoms with Crippen molar-refractivity contribution in [2.75, 3.05) is 5.32 Å². The van der Waals surface area contributed by atoms with Gasteiger partial charge in [0.1, 0.15) is 22.8 Å². The number of benzene rings is 2. The van der Waals surface area contributed by atoms with E-state index in [4.69, 9.17) is 10.5 Å². The number of nitrogens with one attached hydrogen (secondary N) is 1. The van der Waals surface area contributed by atoms with Crippen molar-refractivity contribution in [1.29, 1.82) is 0 Å². The average Bonchev–Trinajstić information content (AvgIpc) is 3.73. The van der Waals surface area contributed by atoms with E-state index in [9.17, 15) is 28.0 Å². The summed E-state index contributed by atoms with van der Waals surface area (Å²) in [5.74, 6) is -2.87. The molecular weight excluding hydrogens is 512 g/mol. The number of hydrogen-bond donors (Lipinski definition) is 2. The van der Waals surface area contributed by atoms with Crippen LogP contribution >= 0.6 is 0 Å². The number of anilines is 1. The summed E-state index contributed by atoms with van der Waals surface area (Å²) in [6, 6.07) is 11.0. The SMILES string of the molecule is NC(=O)c1cc(Oc2ccc(NC(=O)c3cn(CC4CC4)c(=O)n(-c4ccc(F)cc4)c3=O)cc2F)ccn1. The zero-order valence-electron chi connectivity index (χ0n) is 20.3. The predicted octanol–water partition coefficient (Wildman–Crippen LogP) is 3.23. The molecule has 1 aliphatic rings. The monoisotopic (exact) mass is 533 g/mol. The molecule has 5 rings (SSSR count). The summed E-state index contributed by atoms with van der Waals surface area (Å²) >= 11 is 0. The van der Waals surface area contributed by atoms with Crippen LogP contribution in [-0.2, 0) is 6.54 Å². The molecule has 0 unspecified atom stereocenters. The molecule has 0 atom stereocenters. The van der Waals surface area contributed by atoms with Gasteiger partial charge in [0.05, 0.1) is 5.69 Å². The van der Waals surface area contributed by atoms with Crippen LogP contribution in [0.25, 0.3) is 5.69 Å². The lowest BCUT2D eigenvalue weighted by atomic mass is 10.2. The molecule has 0 bridgehead atoms. The molecule has 0 radical (unpaired) electrons. The van der Waals surface area contributed by atoms with Gasteiger partial charge in [-0.2, -0.15) is 0 Å². The number of nitrogens with two attached hydrogens (primary N) is 1. The van der Waals surface area contributed by atoms with E-state index in [2.05, 4.69) is 10.3 Å². The highest BCUT2D eigenvalue weighted by Crippen LogP contribution is 2.30. The van der Waals surface area contributed by atoms with Gasteiger partial charge in [-0.05, 0) is 61.2 Å². The van der Waals surface area contributed by atoms with Crippen LogP contribution in [-0.4, -0.2) is 25.9 Å². The second-order valence-electron chi connectivity index (χ2n) is 8.98. The Balaban J connectivity index is 1.43. The minimum absolute atomic E-state index is 0.0186. The van der Waals surface area contributed by atoms with Crippen molar-refractivity contribution >= 4 is 17.5 Å². The van der Waals surface area contributed by atoms with Gasteiger partial charge >= 0.3 is 5.69 Å². The van der Waals surface area contributed by atoms with Gasteiger partial charge in [0.15, 0.2) is 11.6 Å². The molecule has 2 aromatic carbocycles. The Hall–Kier alpha value is -5.13. The van der Waals surface area contributed by atoms with Crippen LogP contribution in [0.5, 0.6) is 11.5 Å². The summed E-state index contributed by atoms with van der Waals surface area (Å²) in [6.07, 6.45) is 4.30. The largest absolute Gasteiger partial charge is 0.454 e. The number of amides is 2. The fraction of sp³-hybridized carbons (Fsp3) is 0.148. The summed E-state index contributed by atoms with van der Waals surface area (Å²) in [6.45, 7) is 0.313. The molecule has 10 nitrogen and oxygen atoms in total. The summed E-state index contributed by atoms with van der Waals surface area (Å²) in [5, 5.41) is 2.46. The maximum atomic E-state index is 14.8. The number of hydrogen-bond acceptors (Lipinski definition) is 6. The minimum atomic E-state index is -0.903. The van der Waals surface area contributed by atoms with E-state index in [-0.39, 0.29) is 40.0 Å². The normalized spacial score (nSPS) is 12.7. The molecule has 0 saturated heterocycles. The molecule has 2 amide bonds. The second-order valence-corrected chi connectivity index (χ2v) is 8.98. The van der Waals surface area contributed by atoms with Gasteiger partial charge in [-0.1, -0.05) is 0 Å². The highest BCUT2D eigenvalue weighted by atomic mass is 19.1. The van der Waals surface area contributed by atoms with Gasteiger partial charge in [-0.3, -0.25) is 23.9 Å². The Morgan fingerprint density at radius 3 is 2.46 bits per heavy atom. The van der Waals surface area contributed by atoms with Crippen LogP contribution in [0.15, 0.2) is 76.6 Å². The van der Waals surface area contributed by atoms with Gasteiger partial charge in [-0.15, -0.1) is 0 Å². The zero-order chi connectivity index (χ0) is 27.7. The average molecular weight is 533 g/mol. The lowest BCUT2D eigenvalue weighted by Crippen LogP contribution is -2.42. The highest BCUT2D eigenvalue weighted by Gasteiger charge is 2.25. The number of ether oxygens (including phenoxy) is 1. The highest BCUT2D eigenvalue weighted by molar-refractivity contribution is 6.03. The van der Waals surface area contributed by atoms with Crippen LogP contribution in [0.3, 0.4) is 0 Å². The number of pyridine rings is 1. The summed E-state index contributed by atoms with van der Waals surface area (Å²) < 4.78 is 35.8. The molecule has 2 heterocycles. The third kappa shape index (κ3) is 5.59. The number of primary amides is 1. The van der Waals surface area contributed by atoms with Crippen LogP contribution in [0.2, 0.25) is 0 Å². The van der Waals surface area contributed by atoms with Crippen LogP contribution in [0.4, 0.5) is 14.5 Å². The van der Waals surface area contributed by atoms with Gasteiger partial charge in [0.25, 0.3) is 17.4 Å². The molecule has 1 saturated carbocycles. The van der Waals surface area contributed by atoms with E-state index < -0.39 is 34.7 Å². The van der Waals surface area contributed by atoms with Crippen LogP contribution in [0, 0.1) is 17.6 Å². The lowest BCUT2D eigenvalue weighted by Gasteiger charge is -2.14. The van der Waals surface area contributed by atoms with Crippen molar-refractivity contribution in [2.24, 2.45) is 11.7 Å². The van der Waals surface area contributed by atoms with Crippen molar-refractivity contribution in [3.63, 3.8) is 0 Å². The van der Waals surface area contributed by atoms with E-state index in [1.807, 2.05) is 0 Å². The fourth-order valence-corrected chi connectivity index (χ4v) is 3.88. The van der Waals surface area contributed by atoms with Gasteiger partial charge in [0, 0.05) is 36.8 Å². The predicted molar refractivity (Wildman–Crippen MR) is 136 cm³/mol. The Morgan fingerprint density at radius 1 is 1.05 bits per heavy atom. The van der Waals surface area contributed by atoms with Crippen LogP contribution < -0.4 is 27.0 Å². The van der Waals surface area contributed by atoms with Crippen molar-refractivity contribution in [1.82, 2.24) is 14.1 Å². The molecule has 3 N–H and O–H groups in total. The second kappa shape index (κ2) is 10.3. The van der Waals surface area contributed by atoms with E-state index >= 15 is 0 Å². The first-order valence-electron chi connectivity index (χ1n) is 11.9. The van der Waals surface area contributed by atoms with E-state index in [1.54, 1.807) is 0 Å². The minimum Gasteiger partial charge on any atom is -0.454 e. The molecule has 12 heteroatoms. The molecule has 39 heavy (non-hydrogen) atoms. The number of carbonyl (C=O) groups excluding carboxylic acids is 2. The molecular formula is C27H21F2N5O5. The summed E-state index contributed by atoms with van der Waals surface area (Å²) in [4.78, 5) is 54.5. The van der Waals surface area contributed by atoms with Gasteiger partial charge in [-0.25, -0.2) is 18.1 Å². The van der Waals surface area contributed by atoms with Crippen molar-refractivity contribution in [3.05, 3.63) is 111 Å². The Bertz CT molecular complexity index is 1710. The first-order valence-corrected chi connectivity index (χ1v) is 11.9. The van der Waals surface area contributed by atoms with Crippen LogP contribution in [0.1, 0.15) is 33.7 Å². The number of rotatable bonds is 8. The summed E-state index contributed by atoms with van der Waals surface area (Å²) in [7, 11) is 0. The number of carbonyl (C=O) groups is 2. The van der Waals surface area contributed by atoms with Gasteiger partial charge in [0.2, 0.25) is 0 Å². The topological polar surface area (TPSA) is 138 Å². The molecule has 0 spiro atoms. The maximum absolute atomic E-state index is 14.8. The Labute approximate surface area is 219 Å². The number of aromatic nitrogens is 3. The zero-order valence-corrected chi connectivity index (χ0v) is 20.3. The number of halogens is 2. The first-order chi connectivity index (χ1) is 18.7. The third-order valence-corrected chi connectivity index (χ3v) is 6.04. The standard InChI is InChI=1S/C27H21F2N5O5/c28-16-3-6-18(7-4-16)34-26(37)20(14-33(27(34)38)13-15-1-2-15)25(36)32-17-5-8-23(21(29)11-17)39-19-9-10-31-22(12-19)24(30)35/h3-12,14-15H,1-2,13H2,(H2,30,35)(H,32,36). The fourth-order valence-electron chi connectivity index (χ4n) is 3.88. The molecule has 4 aromatic rings. The van der Waals surface area contributed by atoms with Crippen molar-refractivity contribution < 1.29 is 23.1 Å². The quantitative estimate of drug-likeness (QED) is 0.357. The molecule has 198 valence electrons. The Morgan fingerprint density at radius 2 is 1.79 bits per heavy atom. The molecule has 1 aliphatic carbocycles. The van der Waals surface area contributed by atoms with E-state index in [0.29, 0.717) is 6.54 Å². The maximum Gasteiger partial charge on any atom is 0.335 e. The van der Waals surface area contributed by atoms with Crippen molar-refractivity contribution in [3.8, 4) is 17.2 Å². The summed E-state index contributed by atoms with van der Waals surface area (Å²) in [5.41, 5.74) is 3.35. The molecule has 2 aromatic heterocycles. The first kappa shape index (κ1) is 25.5. The smallest absolute Gasteiger partial charge is 0.335 e. The third-order valence-electron chi connectivity index (χ3n) is 6.04. The number of nitrogens with zero attached hydrogens (tertiary/aromatic N) is 3. The Kier molecular flexibility index (Phi) is 6.75.